The van der Waals surface area contributed by atoms with Crippen LogP contribution in [0.2, 0.25) is 0 Å². The van der Waals surface area contributed by atoms with Crippen molar-refractivity contribution in [2.45, 2.75) is 31.3 Å². The Bertz CT molecular complexity index is 798. The van der Waals surface area contributed by atoms with Crippen LogP contribution < -0.4 is 5.32 Å². The van der Waals surface area contributed by atoms with Crippen molar-refractivity contribution in [1.29, 1.82) is 0 Å². The normalized spacial score (nSPS) is 20.3. The van der Waals surface area contributed by atoms with Crippen LogP contribution in [0.25, 0.3) is 0 Å². The van der Waals surface area contributed by atoms with Gasteiger partial charge in [-0.15, -0.1) is 0 Å². The topological polar surface area (TPSA) is 41.5 Å². The van der Waals surface area contributed by atoms with E-state index >= 15 is 0 Å². The molecular weight excluding hydrogens is 303 g/mol. The number of fused-ring (bicyclic) bond motifs is 1. The zero-order valence-corrected chi connectivity index (χ0v) is 13.3. The molecule has 2 aromatic rings. The summed E-state index contributed by atoms with van der Waals surface area (Å²) >= 11 is 0. The van der Waals surface area contributed by atoms with Crippen molar-refractivity contribution in [2.24, 2.45) is 10.9 Å². The molecule has 0 bridgehead atoms. The van der Waals surface area contributed by atoms with Gasteiger partial charge < -0.3 is 5.32 Å². The summed E-state index contributed by atoms with van der Waals surface area (Å²) < 4.78 is 14.2. The Morgan fingerprint density at radius 3 is 2.67 bits per heavy atom. The highest BCUT2D eigenvalue weighted by Crippen LogP contribution is 2.42. The van der Waals surface area contributed by atoms with E-state index in [1.165, 1.54) is 6.07 Å². The first-order valence-corrected chi connectivity index (χ1v) is 8.36. The van der Waals surface area contributed by atoms with Gasteiger partial charge in [-0.3, -0.25) is 9.79 Å². The van der Waals surface area contributed by atoms with Crippen molar-refractivity contribution < 1.29 is 9.18 Å². The molecule has 0 spiro atoms. The highest BCUT2D eigenvalue weighted by atomic mass is 19.1. The Balaban J connectivity index is 1.59. The smallest absolute Gasteiger partial charge is 0.233 e. The van der Waals surface area contributed by atoms with Gasteiger partial charge in [0.2, 0.25) is 5.91 Å². The van der Waals surface area contributed by atoms with Crippen LogP contribution in [0.4, 0.5) is 4.39 Å². The molecule has 0 saturated heterocycles. The van der Waals surface area contributed by atoms with Crippen molar-refractivity contribution in [1.82, 2.24) is 5.32 Å². The van der Waals surface area contributed by atoms with Crippen LogP contribution in [-0.4, -0.2) is 12.1 Å². The van der Waals surface area contributed by atoms with Crippen molar-refractivity contribution in [3.8, 4) is 0 Å². The quantitative estimate of drug-likeness (QED) is 0.915. The lowest BCUT2D eigenvalue weighted by Crippen LogP contribution is -2.36. The van der Waals surface area contributed by atoms with E-state index in [1.54, 1.807) is 18.3 Å². The van der Waals surface area contributed by atoms with Gasteiger partial charge in [-0.2, -0.15) is 0 Å². The molecule has 1 amide bonds. The van der Waals surface area contributed by atoms with Gasteiger partial charge >= 0.3 is 0 Å². The number of benzene rings is 2. The van der Waals surface area contributed by atoms with E-state index < -0.39 is 5.92 Å². The molecule has 122 valence electrons. The molecule has 2 aliphatic rings. The summed E-state index contributed by atoms with van der Waals surface area (Å²) in [6.07, 6.45) is 3.76. The maximum atomic E-state index is 14.2. The van der Waals surface area contributed by atoms with Crippen LogP contribution >= 0.6 is 0 Å². The third-order valence-electron chi connectivity index (χ3n) is 4.82. The van der Waals surface area contributed by atoms with Gasteiger partial charge in [0.15, 0.2) is 0 Å². The molecule has 1 heterocycles. The largest absolute Gasteiger partial charge is 0.348 e. The summed E-state index contributed by atoms with van der Waals surface area (Å²) in [6.45, 7) is 0.610. The number of nitrogens with zero attached hydrogens (tertiary/aromatic N) is 1. The van der Waals surface area contributed by atoms with Crippen LogP contribution in [-0.2, 0) is 11.3 Å². The molecule has 2 atom stereocenters. The molecule has 2 aromatic carbocycles. The number of hydrogen-bond donors (Lipinski definition) is 1. The van der Waals surface area contributed by atoms with Crippen LogP contribution in [0.15, 0.2) is 53.5 Å². The van der Waals surface area contributed by atoms with Crippen LogP contribution in [0.5, 0.6) is 0 Å². The maximum Gasteiger partial charge on any atom is 0.233 e. The number of aliphatic imine (C=N–C) groups is 1. The molecular formula is C20H19FN2O. The fourth-order valence-corrected chi connectivity index (χ4v) is 3.38. The summed E-state index contributed by atoms with van der Waals surface area (Å²) in [5.41, 5.74) is 2.65. The van der Waals surface area contributed by atoms with E-state index in [0.29, 0.717) is 18.0 Å². The van der Waals surface area contributed by atoms with E-state index in [0.717, 1.165) is 24.0 Å². The van der Waals surface area contributed by atoms with E-state index in [-0.39, 0.29) is 17.8 Å². The molecule has 0 radical (unpaired) electrons. The van der Waals surface area contributed by atoms with Gasteiger partial charge in [0, 0.05) is 11.8 Å². The number of nitrogens with one attached hydrogen (secondary N) is 1. The summed E-state index contributed by atoms with van der Waals surface area (Å²) in [6, 6.07) is 14.3. The molecule has 3 nitrogen and oxygen atoms in total. The highest BCUT2D eigenvalue weighted by Gasteiger charge is 2.36. The zero-order valence-electron chi connectivity index (χ0n) is 13.3. The maximum absolute atomic E-state index is 14.2. The van der Waals surface area contributed by atoms with Gasteiger partial charge in [-0.05, 0) is 36.0 Å². The predicted octanol–water partition coefficient (Wildman–Crippen LogP) is 3.76. The molecule has 1 N–H and O–H groups in total. The first-order chi connectivity index (χ1) is 11.7. The average Bonchev–Trinajstić information content (AvgIpc) is 3.45. The summed E-state index contributed by atoms with van der Waals surface area (Å²) in [4.78, 5) is 17.2. The average molecular weight is 322 g/mol. The number of amides is 1. The monoisotopic (exact) mass is 322 g/mol. The molecule has 1 unspecified atom stereocenters. The summed E-state index contributed by atoms with van der Waals surface area (Å²) in [7, 11) is 0. The molecule has 1 saturated carbocycles. The third kappa shape index (κ3) is 2.84. The molecule has 4 heteroatoms. The Morgan fingerprint density at radius 2 is 1.88 bits per heavy atom. The second-order valence-electron chi connectivity index (χ2n) is 6.51. The predicted molar refractivity (Wildman–Crippen MR) is 91.4 cm³/mol. The SMILES string of the molecule is O=C(N[C@H](c1ccccc1F)C1CC1)C1C=NCc2ccccc21. The molecule has 1 aliphatic carbocycles. The number of carbonyl (C=O) groups excluding carboxylic acids is 1. The van der Waals surface area contributed by atoms with Crippen molar-refractivity contribution >= 4 is 12.1 Å². The Morgan fingerprint density at radius 1 is 1.12 bits per heavy atom. The lowest BCUT2D eigenvalue weighted by atomic mass is 9.91. The molecule has 1 fully saturated rings. The van der Waals surface area contributed by atoms with Gasteiger partial charge in [0.05, 0.1) is 18.5 Å². The lowest BCUT2D eigenvalue weighted by Gasteiger charge is -2.24. The number of carbonyl (C=O) groups is 1. The second-order valence-corrected chi connectivity index (χ2v) is 6.51. The minimum atomic E-state index is -0.400. The van der Waals surface area contributed by atoms with E-state index in [4.69, 9.17) is 0 Å². The third-order valence-corrected chi connectivity index (χ3v) is 4.82. The number of hydrogen-bond acceptors (Lipinski definition) is 2. The Hall–Kier alpha value is -2.49. The van der Waals surface area contributed by atoms with Crippen molar-refractivity contribution in [2.75, 3.05) is 0 Å². The standard InChI is InChI=1S/C20H19FN2O/c21-18-8-4-3-7-16(18)19(13-9-10-13)23-20(24)17-12-22-11-14-5-1-2-6-15(14)17/h1-8,12-13,17,19H,9-11H2,(H,23,24)/t17?,19-/m0/s1. The molecule has 24 heavy (non-hydrogen) atoms. The fraction of sp³-hybridized carbons (Fsp3) is 0.300. The Labute approximate surface area is 140 Å². The highest BCUT2D eigenvalue weighted by molar-refractivity contribution is 6.00. The molecule has 0 aromatic heterocycles. The van der Waals surface area contributed by atoms with Crippen molar-refractivity contribution in [3.05, 3.63) is 71.0 Å². The summed E-state index contributed by atoms with van der Waals surface area (Å²) in [5.74, 6) is -0.442. The van der Waals surface area contributed by atoms with Crippen LogP contribution in [0.3, 0.4) is 0 Å². The fourth-order valence-electron chi connectivity index (χ4n) is 3.38. The first kappa shape index (κ1) is 15.1. The van der Waals surface area contributed by atoms with Crippen molar-refractivity contribution in [3.63, 3.8) is 0 Å². The van der Waals surface area contributed by atoms with E-state index in [2.05, 4.69) is 10.3 Å². The lowest BCUT2D eigenvalue weighted by molar-refractivity contribution is -0.122. The Kier molecular flexibility index (Phi) is 3.89. The number of rotatable bonds is 4. The van der Waals surface area contributed by atoms with Crippen LogP contribution in [0.1, 0.15) is 41.5 Å². The minimum Gasteiger partial charge on any atom is -0.348 e. The summed E-state index contributed by atoms with van der Waals surface area (Å²) in [5, 5.41) is 3.08. The number of halogens is 1. The zero-order chi connectivity index (χ0) is 16.5. The van der Waals surface area contributed by atoms with Gasteiger partial charge in [-0.25, -0.2) is 4.39 Å². The van der Waals surface area contributed by atoms with Crippen LogP contribution in [0, 0.1) is 11.7 Å². The van der Waals surface area contributed by atoms with Gasteiger partial charge in [0.25, 0.3) is 0 Å². The van der Waals surface area contributed by atoms with Gasteiger partial charge in [0.1, 0.15) is 5.82 Å². The van der Waals surface area contributed by atoms with E-state index in [9.17, 15) is 9.18 Å². The molecule has 4 rings (SSSR count). The minimum absolute atomic E-state index is 0.106. The molecule has 1 aliphatic heterocycles. The van der Waals surface area contributed by atoms with Gasteiger partial charge in [-0.1, -0.05) is 42.5 Å². The second kappa shape index (κ2) is 6.19. The first-order valence-electron chi connectivity index (χ1n) is 8.36. The van der Waals surface area contributed by atoms with E-state index in [1.807, 2.05) is 30.3 Å².